The smallest absolute Gasteiger partial charge is 0.337 e. The summed E-state index contributed by atoms with van der Waals surface area (Å²) >= 11 is 18.1. The van der Waals surface area contributed by atoms with Gasteiger partial charge < -0.3 is 15.4 Å². The molecule has 1 heterocycles. The van der Waals surface area contributed by atoms with Crippen molar-refractivity contribution in [2.24, 2.45) is 0 Å². The number of esters is 1. The molecule has 0 bridgehead atoms. The van der Waals surface area contributed by atoms with E-state index in [1.165, 1.54) is 13.2 Å². The van der Waals surface area contributed by atoms with Crippen LogP contribution < -0.4 is 10.6 Å². The number of carbonyl (C=O) groups excluding carboxylic acids is 2. The van der Waals surface area contributed by atoms with Crippen LogP contribution in [0.5, 0.6) is 0 Å². The second-order valence-corrected chi connectivity index (χ2v) is 5.57. The standard InChI is InChI=1S/C13H11Cl3N2O3/c1-5-9(12(19)21-2)11(18-13(20)17-5)7-3-6(14)4-8(15)10(7)16/h3-4,11H,1-2H3,(H2,17,18,20)/t11-/m0/s1. The van der Waals surface area contributed by atoms with Crippen LogP contribution in [-0.2, 0) is 9.53 Å². The van der Waals surface area contributed by atoms with Crippen LogP contribution in [0.4, 0.5) is 4.79 Å². The Morgan fingerprint density at radius 1 is 1.29 bits per heavy atom. The Balaban J connectivity index is 2.62. The summed E-state index contributed by atoms with van der Waals surface area (Å²) in [7, 11) is 1.25. The summed E-state index contributed by atoms with van der Waals surface area (Å²) in [6.45, 7) is 1.60. The molecule has 8 heteroatoms. The van der Waals surface area contributed by atoms with E-state index in [1.54, 1.807) is 13.0 Å². The molecule has 1 aromatic rings. The van der Waals surface area contributed by atoms with Gasteiger partial charge in [-0.05, 0) is 19.1 Å². The van der Waals surface area contributed by atoms with Gasteiger partial charge in [-0.2, -0.15) is 0 Å². The second-order valence-electron chi connectivity index (χ2n) is 4.35. The largest absolute Gasteiger partial charge is 0.466 e. The normalized spacial score (nSPS) is 18.1. The molecule has 21 heavy (non-hydrogen) atoms. The van der Waals surface area contributed by atoms with Crippen molar-refractivity contribution in [3.63, 3.8) is 0 Å². The summed E-state index contributed by atoms with van der Waals surface area (Å²) < 4.78 is 4.75. The lowest BCUT2D eigenvalue weighted by atomic mass is 9.95. The van der Waals surface area contributed by atoms with Gasteiger partial charge in [0.25, 0.3) is 0 Å². The molecule has 0 radical (unpaired) electrons. The van der Waals surface area contributed by atoms with Gasteiger partial charge in [-0.1, -0.05) is 34.8 Å². The van der Waals surface area contributed by atoms with Crippen molar-refractivity contribution in [2.45, 2.75) is 13.0 Å². The van der Waals surface area contributed by atoms with Gasteiger partial charge in [0.2, 0.25) is 0 Å². The molecule has 0 aromatic heterocycles. The third-order valence-corrected chi connectivity index (χ3v) is 4.04. The van der Waals surface area contributed by atoms with Gasteiger partial charge in [0.15, 0.2) is 0 Å². The topological polar surface area (TPSA) is 67.4 Å². The van der Waals surface area contributed by atoms with Crippen molar-refractivity contribution >= 4 is 46.8 Å². The van der Waals surface area contributed by atoms with Crippen molar-refractivity contribution in [1.82, 2.24) is 10.6 Å². The van der Waals surface area contributed by atoms with E-state index in [1.807, 2.05) is 0 Å². The molecule has 1 aliphatic heterocycles. The lowest BCUT2D eigenvalue weighted by Crippen LogP contribution is -2.45. The van der Waals surface area contributed by atoms with Crippen LogP contribution in [0.2, 0.25) is 15.1 Å². The molecule has 1 atom stereocenters. The van der Waals surface area contributed by atoms with Gasteiger partial charge in [0.05, 0.1) is 28.8 Å². The highest BCUT2D eigenvalue weighted by atomic mass is 35.5. The van der Waals surface area contributed by atoms with E-state index in [0.717, 1.165) is 0 Å². The van der Waals surface area contributed by atoms with E-state index in [9.17, 15) is 9.59 Å². The number of nitrogens with one attached hydrogen (secondary N) is 2. The Bertz CT molecular complexity index is 658. The van der Waals surface area contributed by atoms with Crippen LogP contribution in [0.1, 0.15) is 18.5 Å². The van der Waals surface area contributed by atoms with E-state index in [2.05, 4.69) is 10.6 Å². The van der Waals surface area contributed by atoms with E-state index < -0.39 is 18.0 Å². The number of rotatable bonds is 2. The molecule has 0 unspecified atom stereocenters. The molecule has 112 valence electrons. The fourth-order valence-electron chi connectivity index (χ4n) is 2.09. The van der Waals surface area contributed by atoms with Gasteiger partial charge in [-0.3, -0.25) is 0 Å². The third-order valence-electron chi connectivity index (χ3n) is 3.01. The average Bonchev–Trinajstić information content (AvgIpc) is 2.41. The third kappa shape index (κ3) is 3.10. The molecule has 2 rings (SSSR count). The van der Waals surface area contributed by atoms with Crippen LogP contribution >= 0.6 is 34.8 Å². The quantitative estimate of drug-likeness (QED) is 0.635. The zero-order chi connectivity index (χ0) is 15.7. The van der Waals surface area contributed by atoms with Gasteiger partial charge in [-0.15, -0.1) is 0 Å². The lowest BCUT2D eigenvalue weighted by molar-refractivity contribution is -0.136. The van der Waals surface area contributed by atoms with Crippen LogP contribution in [0, 0.1) is 0 Å². The minimum absolute atomic E-state index is 0.211. The Hall–Kier alpha value is -1.43. The Morgan fingerprint density at radius 3 is 2.57 bits per heavy atom. The molecule has 5 nitrogen and oxygen atoms in total. The maximum Gasteiger partial charge on any atom is 0.337 e. The van der Waals surface area contributed by atoms with E-state index >= 15 is 0 Å². The molecular formula is C13H11Cl3N2O3. The molecule has 0 saturated heterocycles. The summed E-state index contributed by atoms with van der Waals surface area (Å²) in [5.74, 6) is -0.586. The molecule has 0 spiro atoms. The molecule has 0 fully saturated rings. The molecule has 0 aliphatic carbocycles. The maximum absolute atomic E-state index is 12.0. The van der Waals surface area contributed by atoms with Crippen LogP contribution in [0.3, 0.4) is 0 Å². The Morgan fingerprint density at radius 2 is 1.95 bits per heavy atom. The molecule has 2 amide bonds. The molecule has 0 saturated carbocycles. The zero-order valence-corrected chi connectivity index (χ0v) is 13.4. The number of hydrogen-bond acceptors (Lipinski definition) is 3. The predicted molar refractivity (Wildman–Crippen MR) is 80.6 cm³/mol. The first-order valence-corrected chi connectivity index (χ1v) is 6.99. The van der Waals surface area contributed by atoms with Crippen LogP contribution in [0.25, 0.3) is 0 Å². The maximum atomic E-state index is 12.0. The number of allylic oxidation sites excluding steroid dienone is 1. The Kier molecular flexibility index (Phi) is 4.66. The number of urea groups is 1. The molecule has 2 N–H and O–H groups in total. The van der Waals surface area contributed by atoms with Crippen molar-refractivity contribution in [2.75, 3.05) is 7.11 Å². The van der Waals surface area contributed by atoms with Crippen molar-refractivity contribution < 1.29 is 14.3 Å². The first-order chi connectivity index (χ1) is 9.85. The lowest BCUT2D eigenvalue weighted by Gasteiger charge is -2.28. The predicted octanol–water partition coefficient (Wildman–Crippen LogP) is 3.45. The van der Waals surface area contributed by atoms with Crippen LogP contribution in [-0.4, -0.2) is 19.1 Å². The summed E-state index contributed by atoms with van der Waals surface area (Å²) in [6, 6.07) is 1.77. The minimum atomic E-state index is -0.796. The van der Waals surface area contributed by atoms with E-state index in [-0.39, 0.29) is 15.6 Å². The minimum Gasteiger partial charge on any atom is -0.466 e. The van der Waals surface area contributed by atoms with E-state index in [4.69, 9.17) is 39.5 Å². The summed E-state index contributed by atoms with van der Waals surface area (Å²) in [5.41, 5.74) is 1.03. The number of benzene rings is 1. The van der Waals surface area contributed by atoms with Crippen LogP contribution in [0.15, 0.2) is 23.4 Å². The number of methoxy groups -OCH3 is 1. The van der Waals surface area contributed by atoms with Gasteiger partial charge in [0, 0.05) is 16.3 Å². The molecular weight excluding hydrogens is 339 g/mol. The fraction of sp³-hybridized carbons (Fsp3) is 0.231. The summed E-state index contributed by atoms with van der Waals surface area (Å²) in [4.78, 5) is 23.6. The number of ether oxygens (including phenoxy) is 1. The average molecular weight is 350 g/mol. The Labute approximate surface area is 136 Å². The zero-order valence-electron chi connectivity index (χ0n) is 11.1. The number of hydrogen-bond donors (Lipinski definition) is 2. The monoisotopic (exact) mass is 348 g/mol. The summed E-state index contributed by atoms with van der Waals surface area (Å²) in [6.07, 6.45) is 0. The van der Waals surface area contributed by atoms with Gasteiger partial charge in [0.1, 0.15) is 0 Å². The highest BCUT2D eigenvalue weighted by Crippen LogP contribution is 2.37. The van der Waals surface area contributed by atoms with Crippen molar-refractivity contribution in [1.29, 1.82) is 0 Å². The van der Waals surface area contributed by atoms with Crippen molar-refractivity contribution in [3.8, 4) is 0 Å². The van der Waals surface area contributed by atoms with Gasteiger partial charge in [-0.25, -0.2) is 9.59 Å². The molecule has 1 aliphatic rings. The highest BCUT2D eigenvalue weighted by molar-refractivity contribution is 6.43. The summed E-state index contributed by atoms with van der Waals surface area (Å²) in [5, 5.41) is 5.91. The van der Waals surface area contributed by atoms with Gasteiger partial charge >= 0.3 is 12.0 Å². The highest BCUT2D eigenvalue weighted by Gasteiger charge is 2.33. The SMILES string of the molecule is COC(=O)C1=C(C)NC(=O)N[C@H]1c1cc(Cl)cc(Cl)c1Cl. The fourth-order valence-corrected chi connectivity index (χ4v) is 2.82. The number of amides is 2. The van der Waals surface area contributed by atoms with Crippen molar-refractivity contribution in [3.05, 3.63) is 44.0 Å². The number of halogens is 3. The molecule has 1 aromatic carbocycles. The second kappa shape index (κ2) is 6.13. The van der Waals surface area contributed by atoms with E-state index in [0.29, 0.717) is 16.3 Å². The number of carbonyl (C=O) groups is 2. The first-order valence-electron chi connectivity index (χ1n) is 5.86. The first kappa shape index (κ1) is 15.9.